The predicted molar refractivity (Wildman–Crippen MR) is 190 cm³/mol. The minimum Gasteiger partial charge on any atom is -0.404 e. The van der Waals surface area contributed by atoms with Crippen LogP contribution in [0.15, 0.2) is 59.9 Å². The standard InChI is InChI=1S/C38H46N8O4/c39-19-27(33-22-41-31-6-1-2-7-32(31)43-33)21-40-28-12-14-45(15-13-28)29-5-3-4-24(17-29)18-36(48)42-20-25-8-9-30-26(16-25)23-46(38(30)50)34-10-11-35(47)44-37(34)49/h1-2,6-9,16,19,21-22,24,28-29,34,37,49H,3-5,10-15,17-18,20,23,39H2,(H,42,48)(H,44,47). The highest BCUT2D eigenvalue weighted by Gasteiger charge is 2.39. The number of nitrogens with two attached hydrogens (primary N) is 1. The van der Waals surface area contributed by atoms with Gasteiger partial charge in [-0.1, -0.05) is 30.7 Å². The molecule has 2 aromatic carbocycles. The van der Waals surface area contributed by atoms with Gasteiger partial charge in [0.05, 0.1) is 35.0 Å². The summed E-state index contributed by atoms with van der Waals surface area (Å²) in [7, 11) is 0. The van der Waals surface area contributed by atoms with Gasteiger partial charge in [0.2, 0.25) is 11.8 Å². The number of fused-ring (bicyclic) bond motifs is 2. The highest BCUT2D eigenvalue weighted by Crippen LogP contribution is 2.32. The minimum absolute atomic E-state index is 0.0582. The molecule has 3 fully saturated rings. The molecule has 1 saturated carbocycles. The van der Waals surface area contributed by atoms with Crippen molar-refractivity contribution in [3.63, 3.8) is 0 Å². The van der Waals surface area contributed by atoms with Crippen LogP contribution in [0, 0.1) is 5.92 Å². The predicted octanol–water partition coefficient (Wildman–Crippen LogP) is 3.28. The van der Waals surface area contributed by atoms with Crippen LogP contribution in [0.25, 0.3) is 16.6 Å². The normalized spacial score (nSPS) is 25.2. The fraction of sp³-hybridized carbons (Fsp3) is 0.474. The van der Waals surface area contributed by atoms with E-state index in [0.29, 0.717) is 43.5 Å². The summed E-state index contributed by atoms with van der Waals surface area (Å²) in [5.74, 6) is 0.0807. The summed E-state index contributed by atoms with van der Waals surface area (Å²) in [5.41, 5.74) is 11.5. The lowest BCUT2D eigenvalue weighted by molar-refractivity contribution is -0.129. The molecule has 4 atom stereocenters. The van der Waals surface area contributed by atoms with Gasteiger partial charge in [-0.15, -0.1) is 0 Å². The van der Waals surface area contributed by atoms with Crippen molar-refractivity contribution < 1.29 is 19.5 Å². The number of piperidine rings is 2. The van der Waals surface area contributed by atoms with E-state index in [2.05, 4.69) is 20.5 Å². The van der Waals surface area contributed by atoms with Crippen molar-refractivity contribution in [1.29, 1.82) is 0 Å². The van der Waals surface area contributed by atoms with Crippen LogP contribution in [0.4, 0.5) is 0 Å². The number of aromatic nitrogens is 2. The maximum atomic E-state index is 13.0. The number of nitrogens with one attached hydrogen (secondary N) is 2. The summed E-state index contributed by atoms with van der Waals surface area (Å²) >= 11 is 0. The van der Waals surface area contributed by atoms with E-state index in [1.807, 2.05) is 42.6 Å². The molecule has 12 nitrogen and oxygen atoms in total. The van der Waals surface area contributed by atoms with E-state index in [1.165, 1.54) is 6.42 Å². The first-order valence-electron chi connectivity index (χ1n) is 17.9. The summed E-state index contributed by atoms with van der Waals surface area (Å²) < 4.78 is 0. The molecule has 262 valence electrons. The summed E-state index contributed by atoms with van der Waals surface area (Å²) in [4.78, 5) is 56.0. The Labute approximate surface area is 292 Å². The molecule has 1 aromatic heterocycles. The van der Waals surface area contributed by atoms with Crippen molar-refractivity contribution >= 4 is 40.5 Å². The number of aliphatic imine (C=N–C) groups is 1. The van der Waals surface area contributed by atoms with E-state index in [9.17, 15) is 19.5 Å². The van der Waals surface area contributed by atoms with Gasteiger partial charge in [0.15, 0.2) is 0 Å². The van der Waals surface area contributed by atoms with Crippen molar-refractivity contribution in [2.75, 3.05) is 13.1 Å². The first-order chi connectivity index (χ1) is 24.3. The number of benzene rings is 2. The lowest BCUT2D eigenvalue weighted by Gasteiger charge is -2.40. The second-order valence-corrected chi connectivity index (χ2v) is 14.1. The quantitative estimate of drug-likeness (QED) is 0.250. The maximum absolute atomic E-state index is 13.0. The van der Waals surface area contributed by atoms with Crippen LogP contribution in [0.1, 0.15) is 85.0 Å². The van der Waals surface area contributed by atoms with Crippen molar-refractivity contribution in [2.45, 2.75) is 95.2 Å². The molecule has 4 unspecified atom stereocenters. The third kappa shape index (κ3) is 7.56. The molecule has 1 aliphatic carbocycles. The lowest BCUT2D eigenvalue weighted by atomic mass is 9.82. The average Bonchev–Trinajstić information content (AvgIpc) is 3.46. The molecule has 4 heterocycles. The highest BCUT2D eigenvalue weighted by atomic mass is 16.3. The molecule has 2 saturated heterocycles. The fourth-order valence-corrected chi connectivity index (χ4v) is 8.06. The second-order valence-electron chi connectivity index (χ2n) is 14.1. The van der Waals surface area contributed by atoms with Crippen molar-refractivity contribution in [1.82, 2.24) is 30.4 Å². The maximum Gasteiger partial charge on any atom is 0.254 e. The number of rotatable bonds is 9. The average molecular weight is 679 g/mol. The number of para-hydroxylation sites is 2. The summed E-state index contributed by atoms with van der Waals surface area (Å²) in [6.45, 7) is 2.78. The monoisotopic (exact) mass is 678 g/mol. The Kier molecular flexibility index (Phi) is 10.2. The van der Waals surface area contributed by atoms with Crippen LogP contribution in [-0.2, 0) is 22.7 Å². The first kappa shape index (κ1) is 33.8. The zero-order valence-corrected chi connectivity index (χ0v) is 28.3. The lowest BCUT2D eigenvalue weighted by Crippen LogP contribution is -2.55. The number of carbonyl (C=O) groups is 3. The molecular formula is C38H46N8O4. The largest absolute Gasteiger partial charge is 0.404 e. The van der Waals surface area contributed by atoms with E-state index in [0.717, 1.165) is 78.6 Å². The third-order valence-corrected chi connectivity index (χ3v) is 10.8. The van der Waals surface area contributed by atoms with Crippen LogP contribution in [-0.4, -0.2) is 86.3 Å². The van der Waals surface area contributed by atoms with Gasteiger partial charge < -0.3 is 31.3 Å². The number of aliphatic hydroxyl groups is 1. The number of likely N-dealkylation sites (tertiary alicyclic amines) is 1. The van der Waals surface area contributed by atoms with Gasteiger partial charge in [0.25, 0.3) is 5.91 Å². The van der Waals surface area contributed by atoms with Gasteiger partial charge in [-0.25, -0.2) is 4.98 Å². The number of amides is 3. The Morgan fingerprint density at radius 2 is 1.90 bits per heavy atom. The van der Waals surface area contributed by atoms with Gasteiger partial charge in [-0.2, -0.15) is 0 Å². The van der Waals surface area contributed by atoms with Gasteiger partial charge in [-0.3, -0.25) is 24.4 Å². The first-order valence-corrected chi connectivity index (χ1v) is 17.9. The molecule has 5 N–H and O–H groups in total. The summed E-state index contributed by atoms with van der Waals surface area (Å²) in [6.07, 6.45) is 11.7. The third-order valence-electron chi connectivity index (χ3n) is 10.8. The summed E-state index contributed by atoms with van der Waals surface area (Å²) in [5, 5.41) is 16.0. The molecule has 7 rings (SSSR count). The minimum atomic E-state index is -1.07. The summed E-state index contributed by atoms with van der Waals surface area (Å²) in [6, 6.07) is 13.7. The Bertz CT molecular complexity index is 1800. The number of hydrogen-bond acceptors (Lipinski definition) is 9. The van der Waals surface area contributed by atoms with Gasteiger partial charge in [0, 0.05) is 68.6 Å². The Balaban J connectivity index is 0.856. The van der Waals surface area contributed by atoms with E-state index in [1.54, 1.807) is 23.4 Å². The second kappa shape index (κ2) is 15.1. The zero-order valence-electron chi connectivity index (χ0n) is 28.3. The van der Waals surface area contributed by atoms with Crippen LogP contribution >= 0.6 is 0 Å². The molecule has 0 radical (unpaired) electrons. The van der Waals surface area contributed by atoms with Crippen LogP contribution < -0.4 is 16.4 Å². The molecular weight excluding hydrogens is 632 g/mol. The Morgan fingerprint density at radius 3 is 2.70 bits per heavy atom. The smallest absolute Gasteiger partial charge is 0.254 e. The van der Waals surface area contributed by atoms with Crippen molar-refractivity contribution in [3.8, 4) is 0 Å². The van der Waals surface area contributed by atoms with Gasteiger partial charge in [0.1, 0.15) is 6.23 Å². The molecule has 0 bridgehead atoms. The van der Waals surface area contributed by atoms with Crippen molar-refractivity contribution in [2.24, 2.45) is 16.6 Å². The zero-order chi connectivity index (χ0) is 34.6. The van der Waals surface area contributed by atoms with E-state index in [4.69, 9.17) is 15.7 Å². The topological polar surface area (TPSA) is 166 Å². The van der Waals surface area contributed by atoms with E-state index < -0.39 is 12.3 Å². The molecule has 0 spiro atoms. The number of aliphatic hydroxyl groups excluding tert-OH is 1. The SMILES string of the molecule is NC=C(C=NC1CCN(C2CCCC(CC(=O)NCc3ccc4c(c3)CN(C3CCC(=O)NC3O)C4=O)C2)CC1)c1cnc2ccccc2n1. The molecule has 3 amide bonds. The highest BCUT2D eigenvalue weighted by molar-refractivity contribution is 6.09. The molecule has 12 heteroatoms. The van der Waals surface area contributed by atoms with Crippen LogP contribution in [0.5, 0.6) is 0 Å². The number of hydrogen-bond donors (Lipinski definition) is 4. The van der Waals surface area contributed by atoms with Crippen LogP contribution in [0.3, 0.4) is 0 Å². The van der Waals surface area contributed by atoms with E-state index >= 15 is 0 Å². The van der Waals surface area contributed by atoms with Gasteiger partial charge >= 0.3 is 0 Å². The number of allylic oxidation sites excluding steroid dienone is 1. The van der Waals surface area contributed by atoms with Gasteiger partial charge in [-0.05, 0) is 73.8 Å². The molecule has 3 aromatic rings. The molecule has 3 aliphatic heterocycles. The Morgan fingerprint density at radius 1 is 1.08 bits per heavy atom. The van der Waals surface area contributed by atoms with Crippen LogP contribution in [0.2, 0.25) is 0 Å². The Hall–Kier alpha value is -4.68. The van der Waals surface area contributed by atoms with E-state index in [-0.39, 0.29) is 30.2 Å². The fourth-order valence-electron chi connectivity index (χ4n) is 8.06. The van der Waals surface area contributed by atoms with Crippen molar-refractivity contribution in [3.05, 3.63) is 77.2 Å². The molecule has 4 aliphatic rings. The number of carbonyl (C=O) groups excluding carboxylic acids is 3. The number of nitrogens with zero attached hydrogens (tertiary/aromatic N) is 5. The molecule has 50 heavy (non-hydrogen) atoms.